The van der Waals surface area contributed by atoms with Crippen LogP contribution in [0.25, 0.3) is 0 Å². The van der Waals surface area contributed by atoms with E-state index in [4.69, 9.17) is 0 Å². The molecule has 0 aromatic heterocycles. The molecule has 1 aromatic carbocycles. The molecule has 1 nitrogen and oxygen atoms in total. The molecule has 2 atom stereocenters. The van der Waals surface area contributed by atoms with E-state index in [2.05, 4.69) is 65.6 Å². The summed E-state index contributed by atoms with van der Waals surface area (Å²) < 4.78 is 1.15. The van der Waals surface area contributed by atoms with Gasteiger partial charge >= 0.3 is 0 Å². The molecule has 2 unspecified atom stereocenters. The highest BCUT2D eigenvalue weighted by Crippen LogP contribution is 2.12. The molecular weight excluding hydrogens is 294 g/mol. The Morgan fingerprint density at radius 3 is 2.47 bits per heavy atom. The second-order valence-electron chi connectivity index (χ2n) is 4.70. The molecule has 0 radical (unpaired) electrons. The highest BCUT2D eigenvalue weighted by Gasteiger charge is 2.06. The van der Waals surface area contributed by atoms with Crippen LogP contribution in [-0.2, 0) is 6.42 Å². The summed E-state index contributed by atoms with van der Waals surface area (Å²) in [6.45, 7) is 5.67. The summed E-state index contributed by atoms with van der Waals surface area (Å²) in [6.07, 6.45) is 3.26. The Kier molecular flexibility index (Phi) is 7.24. The fraction of sp³-hybridized carbons (Fsp3) is 0.571. The van der Waals surface area contributed by atoms with Crippen LogP contribution in [0, 0.1) is 5.92 Å². The first kappa shape index (κ1) is 15.1. The predicted octanol–water partition coefficient (Wildman–Crippen LogP) is 3.97. The third kappa shape index (κ3) is 6.49. The maximum Gasteiger partial charge on any atom is 0.0175 e. The Hall–Kier alpha value is 0.01000. The van der Waals surface area contributed by atoms with E-state index in [1.807, 2.05) is 11.8 Å². The molecule has 0 aliphatic carbocycles. The Morgan fingerprint density at radius 1 is 1.24 bits per heavy atom. The Bertz CT molecular complexity index is 313. The van der Waals surface area contributed by atoms with Gasteiger partial charge in [-0.1, -0.05) is 35.0 Å². The summed E-state index contributed by atoms with van der Waals surface area (Å²) in [6, 6.07) is 9.14. The number of benzene rings is 1. The predicted molar refractivity (Wildman–Crippen MR) is 82.9 cm³/mol. The van der Waals surface area contributed by atoms with E-state index in [9.17, 15) is 0 Å². The van der Waals surface area contributed by atoms with Crippen molar-refractivity contribution in [3.05, 3.63) is 34.3 Å². The highest BCUT2D eigenvalue weighted by atomic mass is 79.9. The summed E-state index contributed by atoms with van der Waals surface area (Å²) in [4.78, 5) is 0. The van der Waals surface area contributed by atoms with Gasteiger partial charge in [-0.15, -0.1) is 0 Å². The van der Waals surface area contributed by atoms with Gasteiger partial charge in [0, 0.05) is 10.5 Å². The van der Waals surface area contributed by atoms with Crippen LogP contribution in [0.2, 0.25) is 0 Å². The zero-order valence-corrected chi connectivity index (χ0v) is 13.3. The van der Waals surface area contributed by atoms with Crippen LogP contribution in [0.15, 0.2) is 28.7 Å². The molecular formula is C14H22BrNS. The molecule has 0 bridgehead atoms. The van der Waals surface area contributed by atoms with Crippen molar-refractivity contribution in [1.82, 2.24) is 5.32 Å². The van der Waals surface area contributed by atoms with Crippen molar-refractivity contribution in [2.75, 3.05) is 18.6 Å². The van der Waals surface area contributed by atoms with E-state index < -0.39 is 0 Å². The van der Waals surface area contributed by atoms with Crippen LogP contribution < -0.4 is 5.32 Å². The van der Waals surface area contributed by atoms with Crippen molar-refractivity contribution < 1.29 is 0 Å². The molecule has 1 rings (SSSR count). The third-order valence-corrected chi connectivity index (χ3v) is 4.15. The van der Waals surface area contributed by atoms with E-state index in [0.717, 1.165) is 23.4 Å². The molecule has 0 saturated heterocycles. The summed E-state index contributed by atoms with van der Waals surface area (Å²) in [5.41, 5.74) is 1.39. The standard InChI is InChI=1S/C14H22BrNS/c1-11(10-17-3)9-16-12(2)8-13-4-6-14(15)7-5-13/h4-7,11-12,16H,8-10H2,1-3H3. The van der Waals surface area contributed by atoms with Gasteiger partial charge in [0.2, 0.25) is 0 Å². The molecule has 0 fully saturated rings. The highest BCUT2D eigenvalue weighted by molar-refractivity contribution is 9.10. The summed E-state index contributed by atoms with van der Waals surface area (Å²) in [7, 11) is 0. The first-order valence-corrected chi connectivity index (χ1v) is 8.27. The summed E-state index contributed by atoms with van der Waals surface area (Å²) in [5.74, 6) is 1.98. The maximum absolute atomic E-state index is 3.61. The van der Waals surface area contributed by atoms with E-state index >= 15 is 0 Å². The molecule has 3 heteroatoms. The normalized spacial score (nSPS) is 14.6. The molecule has 0 aliphatic rings. The smallest absolute Gasteiger partial charge is 0.0175 e. The third-order valence-electron chi connectivity index (χ3n) is 2.72. The van der Waals surface area contributed by atoms with Crippen LogP contribution in [0.1, 0.15) is 19.4 Å². The van der Waals surface area contributed by atoms with Gasteiger partial charge in [-0.3, -0.25) is 0 Å². The zero-order valence-electron chi connectivity index (χ0n) is 10.9. The molecule has 0 aliphatic heterocycles. The van der Waals surface area contributed by atoms with Gasteiger partial charge in [-0.05, 0) is 55.5 Å². The van der Waals surface area contributed by atoms with Crippen LogP contribution in [-0.4, -0.2) is 24.6 Å². The fourth-order valence-electron chi connectivity index (χ4n) is 1.79. The number of thioether (sulfide) groups is 1. The lowest BCUT2D eigenvalue weighted by molar-refractivity contribution is 0.486. The minimum absolute atomic E-state index is 0.542. The molecule has 17 heavy (non-hydrogen) atoms. The second-order valence-corrected chi connectivity index (χ2v) is 6.53. The van der Waals surface area contributed by atoms with Crippen LogP contribution in [0.4, 0.5) is 0 Å². The largest absolute Gasteiger partial charge is 0.314 e. The number of hydrogen-bond donors (Lipinski definition) is 1. The van der Waals surface area contributed by atoms with Crippen molar-refractivity contribution >= 4 is 27.7 Å². The average molecular weight is 316 g/mol. The van der Waals surface area contributed by atoms with Gasteiger partial charge in [-0.2, -0.15) is 11.8 Å². The Labute approximate surface area is 118 Å². The van der Waals surface area contributed by atoms with E-state index in [1.165, 1.54) is 11.3 Å². The van der Waals surface area contributed by atoms with Gasteiger partial charge in [-0.25, -0.2) is 0 Å². The van der Waals surface area contributed by atoms with Crippen LogP contribution in [0.5, 0.6) is 0 Å². The van der Waals surface area contributed by atoms with E-state index in [0.29, 0.717) is 6.04 Å². The van der Waals surface area contributed by atoms with Crippen molar-refractivity contribution in [2.45, 2.75) is 26.3 Å². The summed E-state index contributed by atoms with van der Waals surface area (Å²) >= 11 is 5.38. The number of hydrogen-bond acceptors (Lipinski definition) is 2. The molecule has 96 valence electrons. The number of rotatable bonds is 7. The SMILES string of the molecule is CSCC(C)CNC(C)Cc1ccc(Br)cc1. The fourth-order valence-corrected chi connectivity index (χ4v) is 2.74. The van der Waals surface area contributed by atoms with Gasteiger partial charge in [0.05, 0.1) is 0 Å². The first-order chi connectivity index (χ1) is 8.11. The molecule has 0 heterocycles. The van der Waals surface area contributed by atoms with Gasteiger partial charge in [0.1, 0.15) is 0 Å². The van der Waals surface area contributed by atoms with Crippen LogP contribution >= 0.6 is 27.7 Å². The van der Waals surface area contributed by atoms with Crippen LogP contribution in [0.3, 0.4) is 0 Å². The Balaban J connectivity index is 2.29. The number of halogens is 1. The van der Waals surface area contributed by atoms with Crippen molar-refractivity contribution in [1.29, 1.82) is 0 Å². The molecule has 0 amide bonds. The van der Waals surface area contributed by atoms with Gasteiger partial charge in [0.15, 0.2) is 0 Å². The monoisotopic (exact) mass is 315 g/mol. The average Bonchev–Trinajstić information content (AvgIpc) is 2.30. The van der Waals surface area contributed by atoms with E-state index in [1.54, 1.807) is 0 Å². The lowest BCUT2D eigenvalue weighted by Gasteiger charge is -2.17. The second kappa shape index (κ2) is 8.17. The lowest BCUT2D eigenvalue weighted by atomic mass is 10.1. The molecule has 0 spiro atoms. The summed E-state index contributed by atoms with van der Waals surface area (Å²) in [5, 5.41) is 3.61. The van der Waals surface area contributed by atoms with Crippen molar-refractivity contribution in [3.8, 4) is 0 Å². The molecule has 0 saturated carbocycles. The van der Waals surface area contributed by atoms with Crippen molar-refractivity contribution in [2.24, 2.45) is 5.92 Å². The van der Waals surface area contributed by atoms with E-state index in [-0.39, 0.29) is 0 Å². The molecule has 1 N–H and O–H groups in total. The zero-order chi connectivity index (χ0) is 12.7. The Morgan fingerprint density at radius 2 is 1.88 bits per heavy atom. The van der Waals surface area contributed by atoms with Crippen molar-refractivity contribution in [3.63, 3.8) is 0 Å². The lowest BCUT2D eigenvalue weighted by Crippen LogP contribution is -2.32. The quantitative estimate of drug-likeness (QED) is 0.817. The number of nitrogens with one attached hydrogen (secondary N) is 1. The first-order valence-electron chi connectivity index (χ1n) is 6.08. The van der Waals surface area contributed by atoms with Gasteiger partial charge < -0.3 is 5.32 Å². The maximum atomic E-state index is 3.61. The minimum atomic E-state index is 0.542. The minimum Gasteiger partial charge on any atom is -0.314 e. The van der Waals surface area contributed by atoms with Gasteiger partial charge in [0.25, 0.3) is 0 Å². The molecule has 1 aromatic rings. The topological polar surface area (TPSA) is 12.0 Å².